The van der Waals surface area contributed by atoms with Crippen LogP contribution in [-0.4, -0.2) is 51.6 Å². The summed E-state index contributed by atoms with van der Waals surface area (Å²) in [4.78, 5) is 46.1. The number of carbonyl (C=O) groups excluding carboxylic acids is 3. The van der Waals surface area contributed by atoms with E-state index < -0.39 is 5.60 Å². The molecule has 5 rings (SSSR count). The maximum absolute atomic E-state index is 12.6. The van der Waals surface area contributed by atoms with Crippen LogP contribution in [0.4, 0.5) is 26.7 Å². The van der Waals surface area contributed by atoms with Crippen LogP contribution in [0.15, 0.2) is 55.0 Å². The molecular weight excluding hydrogens is 496 g/mol. The van der Waals surface area contributed by atoms with Gasteiger partial charge in [0.05, 0.1) is 29.5 Å². The Morgan fingerprint density at radius 1 is 1.05 bits per heavy atom. The Balaban J connectivity index is 1.14. The van der Waals surface area contributed by atoms with Gasteiger partial charge in [0.1, 0.15) is 5.60 Å². The number of rotatable bonds is 4. The van der Waals surface area contributed by atoms with Crippen LogP contribution >= 0.6 is 0 Å². The summed E-state index contributed by atoms with van der Waals surface area (Å²) in [6, 6.07) is 12.7. The average Bonchev–Trinajstić information content (AvgIpc) is 3.51. The molecule has 10 heteroatoms. The van der Waals surface area contributed by atoms with Crippen LogP contribution in [0, 0.1) is 0 Å². The van der Waals surface area contributed by atoms with Crippen LogP contribution in [0.1, 0.15) is 56.4 Å². The quantitative estimate of drug-likeness (QED) is 0.325. The first kappa shape index (κ1) is 26.0. The summed E-state index contributed by atoms with van der Waals surface area (Å²) in [7, 11) is 0. The molecule has 2 aliphatic heterocycles. The third-order valence-electron chi connectivity index (χ3n) is 6.67. The van der Waals surface area contributed by atoms with Crippen LogP contribution in [0.25, 0.3) is 11.6 Å². The lowest BCUT2D eigenvalue weighted by Gasteiger charge is -2.33. The third kappa shape index (κ3) is 6.28. The van der Waals surface area contributed by atoms with Crippen molar-refractivity contribution < 1.29 is 19.1 Å². The van der Waals surface area contributed by atoms with E-state index in [1.807, 2.05) is 45.0 Å². The molecule has 10 nitrogen and oxygen atoms in total. The number of hydrogen-bond donors (Lipinski definition) is 4. The number of imidazole rings is 1. The maximum atomic E-state index is 12.6. The van der Waals surface area contributed by atoms with E-state index in [0.29, 0.717) is 41.6 Å². The minimum atomic E-state index is -0.499. The number of amides is 4. The molecule has 0 bridgehead atoms. The number of nitrogens with one attached hydrogen (secondary N) is 4. The first-order valence-electron chi connectivity index (χ1n) is 13.0. The van der Waals surface area contributed by atoms with E-state index in [9.17, 15) is 14.4 Å². The summed E-state index contributed by atoms with van der Waals surface area (Å²) in [5, 5.41) is 8.51. The lowest BCUT2D eigenvalue weighted by Crippen LogP contribution is -2.41. The van der Waals surface area contributed by atoms with Crippen LogP contribution in [0.2, 0.25) is 0 Å². The monoisotopic (exact) mass is 528 g/mol. The molecule has 202 valence electrons. The highest BCUT2D eigenvalue weighted by atomic mass is 16.6. The number of carbonyl (C=O) groups is 3. The van der Waals surface area contributed by atoms with Gasteiger partial charge in [-0.05, 0) is 75.4 Å². The van der Waals surface area contributed by atoms with E-state index in [-0.39, 0.29) is 18.0 Å². The van der Waals surface area contributed by atoms with E-state index in [4.69, 9.17) is 4.74 Å². The van der Waals surface area contributed by atoms with Gasteiger partial charge in [-0.25, -0.2) is 14.6 Å². The minimum absolute atomic E-state index is 0.211. The Morgan fingerprint density at radius 2 is 1.74 bits per heavy atom. The Morgan fingerprint density at radius 3 is 2.41 bits per heavy atom. The molecule has 4 amide bonds. The van der Waals surface area contributed by atoms with Gasteiger partial charge in [-0.1, -0.05) is 18.2 Å². The number of nitrogens with zero attached hydrogens (tertiary/aromatic N) is 2. The van der Waals surface area contributed by atoms with Gasteiger partial charge < -0.3 is 30.6 Å². The summed E-state index contributed by atoms with van der Waals surface area (Å²) in [5.41, 5.74) is 4.55. The molecule has 0 unspecified atom stereocenters. The molecule has 0 atom stereocenters. The normalized spacial score (nSPS) is 16.5. The standard InChI is InChI=1S/C29H32N6O4/c1-29(2,3)39-28(38)35-12-10-19(11-13-35)18-4-6-20(7-5-18)32-27(37)33-21-8-9-23-24(14-22-16-30-17-31-22)26(36)34-25(23)15-21/h4-9,14-17,19H,10-13H2,1-3H3,(H,30,31)(H,34,36)(H2,32,33,37)/b24-14-. The topological polar surface area (TPSA) is 128 Å². The number of likely N-dealkylation sites (tertiary alicyclic amines) is 1. The average molecular weight is 529 g/mol. The van der Waals surface area contributed by atoms with Crippen molar-refractivity contribution in [3.8, 4) is 0 Å². The molecule has 1 aromatic heterocycles. The van der Waals surface area contributed by atoms with Crippen molar-refractivity contribution in [1.29, 1.82) is 0 Å². The second-order valence-corrected chi connectivity index (χ2v) is 10.7. The molecular formula is C29H32N6O4. The molecule has 0 saturated carbocycles. The van der Waals surface area contributed by atoms with Crippen LogP contribution in [-0.2, 0) is 9.53 Å². The summed E-state index contributed by atoms with van der Waals surface area (Å²) < 4.78 is 5.48. The molecule has 3 aromatic rings. The molecule has 2 aliphatic rings. The highest BCUT2D eigenvalue weighted by molar-refractivity contribution is 6.35. The van der Waals surface area contributed by atoms with Crippen molar-refractivity contribution in [2.24, 2.45) is 0 Å². The first-order valence-corrected chi connectivity index (χ1v) is 13.0. The molecule has 39 heavy (non-hydrogen) atoms. The third-order valence-corrected chi connectivity index (χ3v) is 6.67. The number of ether oxygens (including phenoxy) is 1. The van der Waals surface area contributed by atoms with Gasteiger partial charge in [-0.2, -0.15) is 0 Å². The number of hydrogen-bond acceptors (Lipinski definition) is 5. The first-order chi connectivity index (χ1) is 18.6. The summed E-state index contributed by atoms with van der Waals surface area (Å²) in [6.45, 7) is 6.93. The van der Waals surface area contributed by atoms with Gasteiger partial charge in [0.25, 0.3) is 5.91 Å². The van der Waals surface area contributed by atoms with E-state index in [0.717, 1.165) is 24.1 Å². The summed E-state index contributed by atoms with van der Waals surface area (Å²) in [6.07, 6.45) is 6.39. The van der Waals surface area contributed by atoms with Gasteiger partial charge in [0.15, 0.2) is 0 Å². The van der Waals surface area contributed by atoms with E-state index in [1.54, 1.807) is 41.7 Å². The SMILES string of the molecule is CC(C)(C)OC(=O)N1CCC(c2ccc(NC(=O)Nc3ccc4c(c3)NC(=O)/C4=C\c3cnc[nH]3)cc2)CC1. The molecule has 0 spiro atoms. The van der Waals surface area contributed by atoms with Crippen molar-refractivity contribution >= 4 is 46.7 Å². The number of aromatic nitrogens is 2. The van der Waals surface area contributed by atoms with Gasteiger partial charge in [-0.3, -0.25) is 4.79 Å². The molecule has 0 aliphatic carbocycles. The lowest BCUT2D eigenvalue weighted by molar-refractivity contribution is -0.110. The molecule has 2 aromatic carbocycles. The second kappa shape index (κ2) is 10.6. The lowest BCUT2D eigenvalue weighted by atomic mass is 9.89. The number of benzene rings is 2. The summed E-state index contributed by atoms with van der Waals surface area (Å²) in [5.74, 6) is 0.136. The highest BCUT2D eigenvalue weighted by Gasteiger charge is 2.28. The Kier molecular flexibility index (Phi) is 7.10. The van der Waals surface area contributed by atoms with Crippen LogP contribution < -0.4 is 16.0 Å². The fourth-order valence-corrected chi connectivity index (χ4v) is 4.77. The highest BCUT2D eigenvalue weighted by Crippen LogP contribution is 2.35. The van der Waals surface area contributed by atoms with Gasteiger partial charge in [-0.15, -0.1) is 0 Å². The smallest absolute Gasteiger partial charge is 0.410 e. The summed E-state index contributed by atoms with van der Waals surface area (Å²) >= 11 is 0. The van der Waals surface area contributed by atoms with Crippen LogP contribution in [0.3, 0.4) is 0 Å². The van der Waals surface area contributed by atoms with Gasteiger partial charge in [0, 0.05) is 30.0 Å². The predicted molar refractivity (Wildman–Crippen MR) is 150 cm³/mol. The Hall–Kier alpha value is -4.60. The molecule has 1 fully saturated rings. The predicted octanol–water partition coefficient (Wildman–Crippen LogP) is 5.66. The molecule has 3 heterocycles. The second-order valence-electron chi connectivity index (χ2n) is 10.7. The van der Waals surface area contributed by atoms with Crippen molar-refractivity contribution in [3.63, 3.8) is 0 Å². The Bertz CT molecular complexity index is 1400. The van der Waals surface area contributed by atoms with Crippen LogP contribution in [0.5, 0.6) is 0 Å². The zero-order chi connectivity index (χ0) is 27.6. The number of aromatic amines is 1. The largest absolute Gasteiger partial charge is 0.444 e. The van der Waals surface area contributed by atoms with E-state index in [2.05, 4.69) is 25.9 Å². The van der Waals surface area contributed by atoms with Crippen molar-refractivity contribution in [1.82, 2.24) is 14.9 Å². The van der Waals surface area contributed by atoms with Gasteiger partial charge in [0.2, 0.25) is 0 Å². The number of urea groups is 1. The zero-order valence-corrected chi connectivity index (χ0v) is 22.2. The molecule has 1 saturated heterocycles. The molecule has 4 N–H and O–H groups in total. The number of anilines is 3. The fraction of sp³-hybridized carbons (Fsp3) is 0.310. The van der Waals surface area contributed by atoms with Crippen molar-refractivity contribution in [3.05, 3.63) is 71.8 Å². The number of piperidine rings is 1. The van der Waals surface area contributed by atoms with E-state index in [1.165, 1.54) is 5.56 Å². The van der Waals surface area contributed by atoms with Crippen molar-refractivity contribution in [2.45, 2.75) is 45.1 Å². The number of fused-ring (bicyclic) bond motifs is 1. The Labute approximate surface area is 226 Å². The fourth-order valence-electron chi connectivity index (χ4n) is 4.77. The zero-order valence-electron chi connectivity index (χ0n) is 22.2. The molecule has 0 radical (unpaired) electrons. The van der Waals surface area contributed by atoms with Crippen molar-refractivity contribution in [2.75, 3.05) is 29.0 Å². The number of H-pyrrole nitrogens is 1. The maximum Gasteiger partial charge on any atom is 0.410 e. The minimum Gasteiger partial charge on any atom is -0.444 e. The van der Waals surface area contributed by atoms with Gasteiger partial charge >= 0.3 is 12.1 Å². The van der Waals surface area contributed by atoms with E-state index >= 15 is 0 Å².